The zero-order valence-electron chi connectivity index (χ0n) is 21.3. The van der Waals surface area contributed by atoms with Gasteiger partial charge < -0.3 is 24.2 Å². The molecule has 0 spiro atoms. The zero-order chi connectivity index (χ0) is 25.5. The van der Waals surface area contributed by atoms with Gasteiger partial charge in [0.2, 0.25) is 0 Å². The van der Waals surface area contributed by atoms with Gasteiger partial charge >= 0.3 is 12.1 Å². The summed E-state index contributed by atoms with van der Waals surface area (Å²) < 4.78 is 12.5. The Hall–Kier alpha value is -1.84. The Labute approximate surface area is 221 Å². The van der Waals surface area contributed by atoms with Gasteiger partial charge in [-0.2, -0.15) is 9.97 Å². The van der Waals surface area contributed by atoms with Gasteiger partial charge in [-0.1, -0.05) is 11.6 Å². The first-order valence-electron chi connectivity index (χ1n) is 12.2. The summed E-state index contributed by atoms with van der Waals surface area (Å²) in [6.45, 7) is 12.5. The maximum atomic E-state index is 12.8. The highest BCUT2D eigenvalue weighted by Gasteiger charge is 2.36. The van der Waals surface area contributed by atoms with Crippen LogP contribution in [0.1, 0.15) is 47.5 Å². The molecule has 0 radical (unpaired) electrons. The predicted octanol–water partition coefficient (Wildman–Crippen LogP) is 5.35. The first-order valence-corrected chi connectivity index (χ1v) is 13.4. The Morgan fingerprint density at radius 2 is 1.94 bits per heavy atom. The Morgan fingerprint density at radius 1 is 1.20 bits per heavy atom. The molecule has 192 valence electrons. The normalized spacial score (nSPS) is 23.7. The highest BCUT2D eigenvalue weighted by molar-refractivity contribution is 9.10. The molecule has 2 aliphatic heterocycles. The second-order valence-electron chi connectivity index (χ2n) is 10.7. The molecule has 2 fully saturated rings. The number of likely N-dealkylation sites (N-methyl/N-ethyl adjacent to an activating group) is 1. The standard InChI is InChI=1S/C25H35BrClN5O3/c1-15-13-32(24(33)35-25(3,4)5)16(2)12-31(15)22-18-10-19(26)20(27)11-21(18)28-23(29-22)34-14-17-8-7-9-30(17)6/h10-11,15-17H,7-9,12-14H2,1-6H3/t15-,16+,17-/m0/s1. The predicted molar refractivity (Wildman–Crippen MR) is 143 cm³/mol. The Bertz CT molecular complexity index is 1090. The highest BCUT2D eigenvalue weighted by atomic mass is 79.9. The number of nitrogens with zero attached hydrogens (tertiary/aromatic N) is 5. The lowest BCUT2D eigenvalue weighted by Crippen LogP contribution is -2.59. The third-order valence-electron chi connectivity index (χ3n) is 6.66. The van der Waals surface area contributed by atoms with Crippen LogP contribution >= 0.6 is 27.5 Å². The third kappa shape index (κ3) is 5.94. The minimum Gasteiger partial charge on any atom is -0.462 e. The van der Waals surface area contributed by atoms with Crippen molar-refractivity contribution in [3.05, 3.63) is 21.6 Å². The van der Waals surface area contributed by atoms with Crippen molar-refractivity contribution < 1.29 is 14.3 Å². The van der Waals surface area contributed by atoms with Crippen molar-refractivity contribution >= 4 is 50.3 Å². The molecular formula is C25H35BrClN5O3. The molecular weight excluding hydrogens is 534 g/mol. The van der Waals surface area contributed by atoms with E-state index in [1.807, 2.05) is 39.8 Å². The lowest BCUT2D eigenvalue weighted by atomic mass is 10.1. The van der Waals surface area contributed by atoms with Gasteiger partial charge in [0, 0.05) is 41.1 Å². The maximum absolute atomic E-state index is 12.8. The Morgan fingerprint density at radius 3 is 2.60 bits per heavy atom. The van der Waals surface area contributed by atoms with Crippen LogP contribution in [0.25, 0.3) is 10.9 Å². The van der Waals surface area contributed by atoms with Crippen LogP contribution in [-0.4, -0.2) is 82.9 Å². The fourth-order valence-electron chi connectivity index (χ4n) is 4.73. The van der Waals surface area contributed by atoms with Gasteiger partial charge in [-0.3, -0.25) is 0 Å². The molecule has 2 aromatic rings. The van der Waals surface area contributed by atoms with Crippen LogP contribution in [0.5, 0.6) is 6.01 Å². The number of anilines is 1. The van der Waals surface area contributed by atoms with Crippen LogP contribution in [0.4, 0.5) is 10.6 Å². The molecule has 1 amide bonds. The fraction of sp³-hybridized carbons (Fsp3) is 0.640. The van der Waals surface area contributed by atoms with E-state index < -0.39 is 5.60 Å². The van der Waals surface area contributed by atoms with Crippen molar-refractivity contribution in [1.82, 2.24) is 19.8 Å². The van der Waals surface area contributed by atoms with E-state index in [2.05, 4.69) is 44.7 Å². The van der Waals surface area contributed by atoms with Crippen LogP contribution < -0.4 is 9.64 Å². The van der Waals surface area contributed by atoms with Gasteiger partial charge in [-0.05, 0) is 89.1 Å². The first kappa shape index (κ1) is 26.2. The number of piperazine rings is 1. The number of likely N-dealkylation sites (tertiary alicyclic amines) is 1. The molecule has 1 aromatic heterocycles. The quantitative estimate of drug-likeness (QED) is 0.492. The molecule has 10 heteroatoms. The van der Waals surface area contributed by atoms with Crippen molar-refractivity contribution in [2.24, 2.45) is 0 Å². The minimum absolute atomic E-state index is 0.0140. The lowest BCUT2D eigenvalue weighted by Gasteiger charge is -2.45. The molecule has 3 heterocycles. The van der Waals surface area contributed by atoms with Gasteiger partial charge in [-0.15, -0.1) is 0 Å². The number of carbonyl (C=O) groups excluding carboxylic acids is 1. The summed E-state index contributed by atoms with van der Waals surface area (Å²) in [7, 11) is 2.12. The molecule has 8 nitrogen and oxygen atoms in total. The molecule has 0 N–H and O–H groups in total. The molecule has 35 heavy (non-hydrogen) atoms. The summed E-state index contributed by atoms with van der Waals surface area (Å²) in [4.78, 5) is 28.7. The molecule has 0 bridgehead atoms. The van der Waals surface area contributed by atoms with E-state index in [-0.39, 0.29) is 18.2 Å². The summed E-state index contributed by atoms with van der Waals surface area (Å²) in [5.41, 5.74) is 0.193. The van der Waals surface area contributed by atoms with Crippen molar-refractivity contribution in [3.8, 4) is 6.01 Å². The van der Waals surface area contributed by atoms with Gasteiger partial charge in [0.05, 0.1) is 10.5 Å². The summed E-state index contributed by atoms with van der Waals surface area (Å²) >= 11 is 9.96. The van der Waals surface area contributed by atoms with Crippen molar-refractivity contribution in [3.63, 3.8) is 0 Å². The monoisotopic (exact) mass is 567 g/mol. The van der Waals surface area contributed by atoms with E-state index in [0.717, 1.165) is 34.2 Å². The third-order valence-corrected chi connectivity index (χ3v) is 7.86. The van der Waals surface area contributed by atoms with Crippen LogP contribution in [-0.2, 0) is 4.74 Å². The fourth-order valence-corrected chi connectivity index (χ4v) is 5.23. The molecule has 0 unspecified atom stereocenters. The number of hydrogen-bond donors (Lipinski definition) is 0. The number of amides is 1. The summed E-state index contributed by atoms with van der Waals surface area (Å²) in [5, 5.41) is 1.47. The van der Waals surface area contributed by atoms with Gasteiger partial charge in [0.25, 0.3) is 0 Å². The maximum Gasteiger partial charge on any atom is 0.410 e. The van der Waals surface area contributed by atoms with Gasteiger partial charge in [0.15, 0.2) is 0 Å². The van der Waals surface area contributed by atoms with Crippen LogP contribution in [0.2, 0.25) is 5.02 Å². The topological polar surface area (TPSA) is 71.0 Å². The van der Waals surface area contributed by atoms with E-state index >= 15 is 0 Å². The van der Waals surface area contributed by atoms with Crippen molar-refractivity contribution in [2.75, 3.05) is 38.2 Å². The number of rotatable bonds is 4. The van der Waals surface area contributed by atoms with Gasteiger partial charge in [0.1, 0.15) is 18.0 Å². The first-order chi connectivity index (χ1) is 16.4. The molecule has 2 saturated heterocycles. The zero-order valence-corrected chi connectivity index (χ0v) is 23.7. The number of carbonyl (C=O) groups is 1. The minimum atomic E-state index is -0.537. The summed E-state index contributed by atoms with van der Waals surface area (Å²) in [6, 6.07) is 4.46. The molecule has 3 atom stereocenters. The SMILES string of the molecule is C[C@@H]1CN(c2nc(OC[C@@H]3CCCN3C)nc3cc(Cl)c(Br)cc23)[C@@H](C)CN1C(=O)OC(C)(C)C. The number of hydrogen-bond acceptors (Lipinski definition) is 7. The van der Waals surface area contributed by atoms with Crippen LogP contribution in [0, 0.1) is 0 Å². The lowest BCUT2D eigenvalue weighted by molar-refractivity contribution is 0.0130. The van der Waals surface area contributed by atoms with E-state index in [0.29, 0.717) is 36.8 Å². The van der Waals surface area contributed by atoms with E-state index in [1.165, 1.54) is 6.42 Å². The average Bonchev–Trinajstić information content (AvgIpc) is 3.17. The highest BCUT2D eigenvalue weighted by Crippen LogP contribution is 2.35. The number of ether oxygens (including phenoxy) is 2. The largest absolute Gasteiger partial charge is 0.462 e. The summed E-state index contributed by atoms with van der Waals surface area (Å²) in [6.07, 6.45) is 2.00. The number of fused-ring (bicyclic) bond motifs is 1. The summed E-state index contributed by atoms with van der Waals surface area (Å²) in [5.74, 6) is 0.783. The smallest absolute Gasteiger partial charge is 0.410 e. The van der Waals surface area contributed by atoms with Crippen LogP contribution in [0.3, 0.4) is 0 Å². The van der Waals surface area contributed by atoms with Crippen molar-refractivity contribution in [2.45, 2.75) is 71.2 Å². The number of aromatic nitrogens is 2. The van der Waals surface area contributed by atoms with Crippen LogP contribution in [0.15, 0.2) is 16.6 Å². The van der Waals surface area contributed by atoms with E-state index in [1.54, 1.807) is 4.90 Å². The molecule has 4 rings (SSSR count). The average molecular weight is 569 g/mol. The molecule has 0 saturated carbocycles. The number of benzene rings is 1. The second kappa shape index (κ2) is 10.3. The van der Waals surface area contributed by atoms with E-state index in [4.69, 9.17) is 26.1 Å². The van der Waals surface area contributed by atoms with E-state index in [9.17, 15) is 4.79 Å². The Kier molecular flexibility index (Phi) is 7.69. The number of halogens is 2. The molecule has 0 aliphatic carbocycles. The molecule has 2 aliphatic rings. The Balaban J connectivity index is 1.64. The van der Waals surface area contributed by atoms with Gasteiger partial charge in [-0.25, -0.2) is 4.79 Å². The molecule has 1 aromatic carbocycles. The van der Waals surface area contributed by atoms with Crippen molar-refractivity contribution in [1.29, 1.82) is 0 Å². The second-order valence-corrected chi connectivity index (χ2v) is 11.9.